The highest BCUT2D eigenvalue weighted by molar-refractivity contribution is 8.03. The van der Waals surface area contributed by atoms with Crippen molar-refractivity contribution in [3.8, 4) is 0 Å². The van der Waals surface area contributed by atoms with Crippen LogP contribution in [0.2, 0.25) is 0 Å². The van der Waals surface area contributed by atoms with Crippen LogP contribution in [0.25, 0.3) is 0 Å². The van der Waals surface area contributed by atoms with Crippen LogP contribution in [-0.2, 0) is 4.79 Å². The lowest BCUT2D eigenvalue weighted by atomic mass is 10.2. The molecule has 1 aliphatic rings. The van der Waals surface area contributed by atoms with Gasteiger partial charge in [0.1, 0.15) is 17.5 Å². The summed E-state index contributed by atoms with van der Waals surface area (Å²) in [5, 5.41) is 3.24. The summed E-state index contributed by atoms with van der Waals surface area (Å²) in [4.78, 5) is 28.9. The third kappa shape index (κ3) is 6.60. The zero-order chi connectivity index (χ0) is 19.6. The van der Waals surface area contributed by atoms with E-state index >= 15 is 0 Å². The Balaban J connectivity index is 1.99. The Kier molecular flexibility index (Phi) is 8.70. The summed E-state index contributed by atoms with van der Waals surface area (Å²) >= 11 is 1.35. The molecule has 0 aliphatic carbocycles. The topological polar surface area (TPSA) is 99.7 Å². The molecule has 1 aromatic heterocycles. The highest BCUT2D eigenvalue weighted by Gasteiger charge is 2.24. The van der Waals surface area contributed by atoms with E-state index < -0.39 is 0 Å². The summed E-state index contributed by atoms with van der Waals surface area (Å²) in [5.41, 5.74) is 5.62. The first-order valence-electron chi connectivity index (χ1n) is 9.10. The molecule has 0 aromatic carbocycles. The van der Waals surface area contributed by atoms with E-state index in [4.69, 9.17) is 5.73 Å². The number of carbonyl (C=O) groups is 1. The Hall–Kier alpha value is -1.97. The van der Waals surface area contributed by atoms with Crippen molar-refractivity contribution in [3.05, 3.63) is 23.0 Å². The predicted octanol–water partition coefficient (Wildman–Crippen LogP) is 1.49. The second-order valence-corrected chi connectivity index (χ2v) is 7.49. The lowest BCUT2D eigenvalue weighted by Crippen LogP contribution is -2.52. The molecule has 148 valence electrons. The molecule has 1 fully saturated rings. The number of hydrogen-bond acceptors (Lipinski definition) is 9. The predicted molar refractivity (Wildman–Crippen MR) is 113 cm³/mol. The molecule has 2 heterocycles. The van der Waals surface area contributed by atoms with Crippen molar-refractivity contribution in [3.63, 3.8) is 0 Å². The van der Waals surface area contributed by atoms with E-state index in [0.717, 1.165) is 62.9 Å². The van der Waals surface area contributed by atoms with Gasteiger partial charge in [-0.3, -0.25) is 14.7 Å². The molecule has 9 heteroatoms. The first-order valence-corrected chi connectivity index (χ1v) is 10.1. The van der Waals surface area contributed by atoms with Crippen molar-refractivity contribution in [2.45, 2.75) is 26.3 Å². The Bertz CT molecular complexity index is 667. The molecule has 1 atom stereocenters. The number of thioether (sulfide) groups is 1. The number of nitrogens with one attached hydrogen (secondary N) is 1. The van der Waals surface area contributed by atoms with Crippen LogP contribution in [-0.4, -0.2) is 72.5 Å². The number of piperazine rings is 1. The molecule has 0 bridgehead atoms. The molecule has 2 rings (SSSR count). The fraction of sp³-hybridized carbons (Fsp3) is 0.556. The molecule has 0 saturated carbocycles. The van der Waals surface area contributed by atoms with E-state index in [9.17, 15) is 4.79 Å². The average Bonchev–Trinajstić information content (AvgIpc) is 2.65. The number of rotatable bonds is 10. The normalized spacial score (nSPS) is 18.4. The number of allylic oxidation sites excluding steroid dienone is 1. The number of hydrogen-bond donors (Lipinski definition) is 2. The Morgan fingerprint density at radius 3 is 3.00 bits per heavy atom. The first-order chi connectivity index (χ1) is 13.1. The van der Waals surface area contributed by atoms with Crippen LogP contribution in [0, 0.1) is 6.92 Å². The standard InChI is InChI=1S/C18H29N7OS/c1-14-11-24(6-4-5-19)7-8-25(14)18-9-17(22-15(2)23-18)21-13-27-16(12-26)10-20-3/h9-10,12,14H,3-8,11,13,19H2,1-2H3,(H,21,22,23)/b16-10-/t14-/m1/s1. The number of aldehydes is 1. The number of aromatic nitrogens is 2. The van der Waals surface area contributed by atoms with Gasteiger partial charge in [0, 0.05) is 37.9 Å². The summed E-state index contributed by atoms with van der Waals surface area (Å²) in [6, 6.07) is 2.34. The Morgan fingerprint density at radius 2 is 2.33 bits per heavy atom. The van der Waals surface area contributed by atoms with Gasteiger partial charge >= 0.3 is 0 Å². The molecule has 1 aromatic rings. The Labute approximate surface area is 165 Å². The number of aryl methyl sites for hydroxylation is 1. The fourth-order valence-corrected chi connectivity index (χ4v) is 3.67. The Morgan fingerprint density at radius 1 is 1.52 bits per heavy atom. The van der Waals surface area contributed by atoms with E-state index in [1.807, 2.05) is 13.0 Å². The zero-order valence-corrected chi connectivity index (χ0v) is 16.9. The number of carbonyl (C=O) groups excluding carboxylic acids is 1. The maximum Gasteiger partial charge on any atom is 0.158 e. The van der Waals surface area contributed by atoms with Crippen LogP contribution in [0.15, 0.2) is 22.2 Å². The van der Waals surface area contributed by atoms with Gasteiger partial charge < -0.3 is 16.0 Å². The van der Waals surface area contributed by atoms with Gasteiger partial charge in [0.25, 0.3) is 0 Å². The summed E-state index contributed by atoms with van der Waals surface area (Å²) in [5.74, 6) is 2.91. The lowest BCUT2D eigenvalue weighted by molar-refractivity contribution is -0.104. The van der Waals surface area contributed by atoms with E-state index in [0.29, 0.717) is 16.8 Å². The summed E-state index contributed by atoms with van der Waals surface area (Å²) in [6.07, 6.45) is 3.25. The molecule has 0 amide bonds. The monoisotopic (exact) mass is 391 g/mol. The van der Waals surface area contributed by atoms with Crippen molar-refractivity contribution in [2.75, 3.05) is 48.8 Å². The van der Waals surface area contributed by atoms with E-state index in [2.05, 4.69) is 43.7 Å². The fourth-order valence-electron chi connectivity index (χ4n) is 3.07. The minimum absolute atomic E-state index is 0.372. The third-order valence-corrected chi connectivity index (χ3v) is 5.16. The van der Waals surface area contributed by atoms with Gasteiger partial charge in [0.05, 0.1) is 10.8 Å². The average molecular weight is 392 g/mol. The van der Waals surface area contributed by atoms with Crippen LogP contribution in [0.4, 0.5) is 11.6 Å². The number of aliphatic imine (C=N–C) groups is 1. The van der Waals surface area contributed by atoms with Gasteiger partial charge in [-0.15, -0.1) is 0 Å². The van der Waals surface area contributed by atoms with Crippen molar-refractivity contribution in [1.82, 2.24) is 14.9 Å². The minimum atomic E-state index is 0.372. The van der Waals surface area contributed by atoms with E-state index in [1.165, 1.54) is 18.0 Å². The van der Waals surface area contributed by atoms with Gasteiger partial charge in [-0.2, -0.15) is 0 Å². The van der Waals surface area contributed by atoms with Crippen LogP contribution >= 0.6 is 11.8 Å². The van der Waals surface area contributed by atoms with Gasteiger partial charge in [-0.05, 0) is 40.1 Å². The number of anilines is 2. The molecule has 1 saturated heterocycles. The lowest BCUT2D eigenvalue weighted by Gasteiger charge is -2.40. The van der Waals surface area contributed by atoms with Crippen molar-refractivity contribution in [2.24, 2.45) is 10.7 Å². The van der Waals surface area contributed by atoms with Crippen LogP contribution in [0.3, 0.4) is 0 Å². The maximum absolute atomic E-state index is 10.9. The van der Waals surface area contributed by atoms with Crippen LogP contribution < -0.4 is 16.0 Å². The number of nitrogens with two attached hydrogens (primary N) is 1. The minimum Gasteiger partial charge on any atom is -0.361 e. The molecule has 27 heavy (non-hydrogen) atoms. The maximum atomic E-state index is 10.9. The first kappa shape index (κ1) is 21.3. The van der Waals surface area contributed by atoms with Gasteiger partial charge in [0.2, 0.25) is 0 Å². The summed E-state index contributed by atoms with van der Waals surface area (Å²) in [7, 11) is 0. The molecular weight excluding hydrogens is 362 g/mol. The largest absolute Gasteiger partial charge is 0.361 e. The highest BCUT2D eigenvalue weighted by atomic mass is 32.2. The zero-order valence-electron chi connectivity index (χ0n) is 16.1. The van der Waals surface area contributed by atoms with Gasteiger partial charge in [-0.25, -0.2) is 9.97 Å². The number of nitrogens with zero attached hydrogens (tertiary/aromatic N) is 5. The van der Waals surface area contributed by atoms with Crippen molar-refractivity contribution < 1.29 is 4.79 Å². The molecule has 8 nitrogen and oxygen atoms in total. The highest BCUT2D eigenvalue weighted by Crippen LogP contribution is 2.22. The van der Waals surface area contributed by atoms with Crippen LogP contribution in [0.5, 0.6) is 0 Å². The quantitative estimate of drug-likeness (QED) is 0.268. The van der Waals surface area contributed by atoms with Crippen molar-refractivity contribution >= 4 is 36.4 Å². The molecule has 0 spiro atoms. The summed E-state index contributed by atoms with van der Waals surface area (Å²) < 4.78 is 0. The van der Waals surface area contributed by atoms with E-state index in [-0.39, 0.29) is 0 Å². The molecule has 0 radical (unpaired) electrons. The third-order valence-electron chi connectivity index (χ3n) is 4.34. The van der Waals surface area contributed by atoms with E-state index in [1.54, 1.807) is 0 Å². The molecular formula is C18H29N7OS. The second kappa shape index (κ2) is 11.0. The van der Waals surface area contributed by atoms with Crippen molar-refractivity contribution in [1.29, 1.82) is 0 Å². The summed E-state index contributed by atoms with van der Waals surface area (Å²) in [6.45, 7) is 12.2. The van der Waals surface area contributed by atoms with Crippen LogP contribution in [0.1, 0.15) is 19.2 Å². The SMILES string of the molecule is C=N/C=C(/C=O)SCNc1cc(N2CCN(CCCN)C[C@H]2C)nc(C)n1. The molecule has 0 unspecified atom stereocenters. The van der Waals surface area contributed by atoms with Gasteiger partial charge in [-0.1, -0.05) is 11.8 Å². The second-order valence-electron chi connectivity index (χ2n) is 6.44. The smallest absolute Gasteiger partial charge is 0.158 e. The molecule has 1 aliphatic heterocycles. The van der Waals surface area contributed by atoms with Gasteiger partial charge in [0.15, 0.2) is 6.29 Å². The molecule has 3 N–H and O–H groups in total.